The third-order valence-electron chi connectivity index (χ3n) is 5.66. The van der Waals surface area contributed by atoms with Crippen molar-refractivity contribution in [1.29, 1.82) is 0 Å². The lowest BCUT2D eigenvalue weighted by molar-refractivity contribution is -0.134. The largest absolute Gasteiger partial charge is 0.508 e. The van der Waals surface area contributed by atoms with E-state index >= 15 is 0 Å². The second-order valence-electron chi connectivity index (χ2n) is 8.10. The first kappa shape index (κ1) is 22.3. The number of aromatic nitrogens is 2. The van der Waals surface area contributed by atoms with Crippen LogP contribution in [0.1, 0.15) is 28.2 Å². The Morgan fingerprint density at radius 3 is 2.67 bits per heavy atom. The van der Waals surface area contributed by atoms with Gasteiger partial charge in [-0.2, -0.15) is 0 Å². The number of carbonyl (C=O) groups is 2. The van der Waals surface area contributed by atoms with Crippen molar-refractivity contribution < 1.29 is 23.8 Å². The normalized spacial score (nSPS) is 18.2. The Hall–Kier alpha value is -3.88. The van der Waals surface area contributed by atoms with Crippen LogP contribution >= 0.6 is 0 Å². The molecule has 0 bridgehead atoms. The summed E-state index contributed by atoms with van der Waals surface area (Å²) in [6, 6.07) is 11.3. The van der Waals surface area contributed by atoms with Crippen molar-refractivity contribution in [1.82, 2.24) is 14.9 Å². The highest BCUT2D eigenvalue weighted by Gasteiger charge is 2.33. The predicted octanol–water partition coefficient (Wildman–Crippen LogP) is 2.75. The minimum Gasteiger partial charge on any atom is -0.508 e. The van der Waals surface area contributed by atoms with Crippen LogP contribution in [0.5, 0.6) is 11.5 Å². The number of ether oxygens (including phenoxy) is 1. The first-order valence-corrected chi connectivity index (χ1v) is 10.6. The van der Waals surface area contributed by atoms with E-state index in [1.54, 1.807) is 36.5 Å². The van der Waals surface area contributed by atoms with Gasteiger partial charge in [0, 0.05) is 18.5 Å². The molecule has 1 aliphatic heterocycles. The monoisotopic (exact) mass is 452 g/mol. The van der Waals surface area contributed by atoms with Crippen molar-refractivity contribution in [3.05, 3.63) is 65.6 Å². The summed E-state index contributed by atoms with van der Waals surface area (Å²) in [6.07, 6.45) is -0.168. The zero-order chi connectivity index (χ0) is 23.5. The lowest BCUT2D eigenvalue weighted by Gasteiger charge is -2.35. The lowest BCUT2D eigenvalue weighted by Crippen LogP contribution is -2.49. The number of nitrogens with two attached hydrogens (primary N) is 1. The average molecular weight is 452 g/mol. The van der Waals surface area contributed by atoms with Crippen molar-refractivity contribution in [2.24, 2.45) is 5.73 Å². The topological polar surface area (TPSA) is 122 Å². The van der Waals surface area contributed by atoms with Gasteiger partial charge in [0.1, 0.15) is 23.4 Å². The van der Waals surface area contributed by atoms with Crippen LogP contribution in [0.4, 0.5) is 4.39 Å². The molecule has 4 N–H and O–H groups in total. The number of halogens is 1. The highest BCUT2D eigenvalue weighted by molar-refractivity contribution is 5.97. The molecule has 3 aromatic rings. The smallest absolute Gasteiger partial charge is 0.252 e. The maximum atomic E-state index is 14.9. The molecule has 2 unspecified atom stereocenters. The standard InChI is InChI=1S/C24H25FN4O4/c1-14-27-12-20(28-14)16-4-7-21(18(11-16)24(26)32)33-22-8-9-29(13-19(22)25)23(31)10-15-2-5-17(30)6-3-15/h2-7,11-12,19,22,30H,8-10,13H2,1H3,(H2,26,32)(H,27,28). The van der Waals surface area contributed by atoms with E-state index in [0.717, 1.165) is 17.1 Å². The Bertz CT molecular complexity index is 1160. The molecule has 1 aromatic heterocycles. The van der Waals surface area contributed by atoms with Gasteiger partial charge < -0.3 is 25.5 Å². The Kier molecular flexibility index (Phi) is 6.30. The van der Waals surface area contributed by atoms with Gasteiger partial charge in [0.2, 0.25) is 5.91 Å². The van der Waals surface area contributed by atoms with E-state index < -0.39 is 18.2 Å². The summed E-state index contributed by atoms with van der Waals surface area (Å²) in [5.41, 5.74) is 7.87. The number of piperidine rings is 1. The second kappa shape index (κ2) is 9.32. The third kappa shape index (κ3) is 5.14. The van der Waals surface area contributed by atoms with Crippen molar-refractivity contribution in [2.75, 3.05) is 13.1 Å². The number of nitrogens with zero attached hydrogens (tertiary/aromatic N) is 2. The van der Waals surface area contributed by atoms with E-state index in [1.807, 2.05) is 6.92 Å². The Labute approximate surface area is 190 Å². The van der Waals surface area contributed by atoms with Gasteiger partial charge in [0.15, 0.2) is 6.17 Å². The first-order valence-electron chi connectivity index (χ1n) is 10.6. The van der Waals surface area contributed by atoms with Gasteiger partial charge in [0.05, 0.1) is 30.4 Å². The number of imidazole rings is 1. The fourth-order valence-corrected chi connectivity index (χ4v) is 3.87. The third-order valence-corrected chi connectivity index (χ3v) is 5.66. The fourth-order valence-electron chi connectivity index (χ4n) is 3.87. The van der Waals surface area contributed by atoms with Gasteiger partial charge >= 0.3 is 0 Å². The number of alkyl halides is 1. The maximum absolute atomic E-state index is 14.9. The second-order valence-corrected chi connectivity index (χ2v) is 8.10. The van der Waals surface area contributed by atoms with Crippen molar-refractivity contribution in [3.63, 3.8) is 0 Å². The molecule has 0 aliphatic carbocycles. The molecule has 9 heteroatoms. The number of phenols is 1. The maximum Gasteiger partial charge on any atom is 0.252 e. The molecular weight excluding hydrogens is 427 g/mol. The molecule has 8 nitrogen and oxygen atoms in total. The quantitative estimate of drug-likeness (QED) is 0.531. The van der Waals surface area contributed by atoms with Gasteiger partial charge in [-0.15, -0.1) is 0 Å². The molecule has 33 heavy (non-hydrogen) atoms. The molecule has 1 fully saturated rings. The Morgan fingerprint density at radius 2 is 2.03 bits per heavy atom. The number of amides is 2. The zero-order valence-corrected chi connectivity index (χ0v) is 18.1. The zero-order valence-electron chi connectivity index (χ0n) is 18.1. The van der Waals surface area contributed by atoms with Crippen LogP contribution in [0, 0.1) is 6.92 Å². The summed E-state index contributed by atoms with van der Waals surface area (Å²) in [5.74, 6) is 0.187. The van der Waals surface area contributed by atoms with Gasteiger partial charge in [0.25, 0.3) is 5.91 Å². The molecule has 0 saturated carbocycles. The number of benzene rings is 2. The number of primary amides is 1. The number of H-pyrrole nitrogens is 1. The average Bonchev–Trinajstić information content (AvgIpc) is 3.23. The number of aromatic hydroxyl groups is 1. The van der Waals surface area contributed by atoms with E-state index in [2.05, 4.69) is 9.97 Å². The van der Waals surface area contributed by atoms with E-state index in [-0.39, 0.29) is 42.4 Å². The number of aryl methyl sites for hydroxylation is 1. The molecule has 0 radical (unpaired) electrons. The molecule has 172 valence electrons. The summed E-state index contributed by atoms with van der Waals surface area (Å²) >= 11 is 0. The van der Waals surface area contributed by atoms with E-state index in [0.29, 0.717) is 12.1 Å². The lowest BCUT2D eigenvalue weighted by atomic mass is 10.0. The summed E-state index contributed by atoms with van der Waals surface area (Å²) < 4.78 is 20.8. The SMILES string of the molecule is Cc1ncc(-c2ccc(OC3CCN(C(=O)Cc4ccc(O)cc4)CC3F)c(C(N)=O)c2)[nH]1. The van der Waals surface area contributed by atoms with Gasteiger partial charge in [-0.05, 0) is 42.8 Å². The Morgan fingerprint density at radius 1 is 1.27 bits per heavy atom. The summed E-state index contributed by atoms with van der Waals surface area (Å²) in [6.45, 7) is 2.05. The molecule has 1 saturated heterocycles. The van der Waals surface area contributed by atoms with Crippen LogP contribution in [0.15, 0.2) is 48.7 Å². The first-order chi connectivity index (χ1) is 15.8. The highest BCUT2D eigenvalue weighted by atomic mass is 19.1. The van der Waals surface area contributed by atoms with Gasteiger partial charge in [-0.1, -0.05) is 12.1 Å². The number of rotatable bonds is 6. The van der Waals surface area contributed by atoms with E-state index in [9.17, 15) is 19.1 Å². The molecule has 2 amide bonds. The molecule has 4 rings (SSSR count). The van der Waals surface area contributed by atoms with Gasteiger partial charge in [-0.3, -0.25) is 9.59 Å². The molecule has 1 aliphatic rings. The van der Waals surface area contributed by atoms with Crippen molar-refractivity contribution in [3.8, 4) is 22.8 Å². The van der Waals surface area contributed by atoms with Crippen LogP contribution in [-0.4, -0.2) is 57.2 Å². The summed E-state index contributed by atoms with van der Waals surface area (Å²) in [7, 11) is 0. The van der Waals surface area contributed by atoms with Crippen LogP contribution in [0.3, 0.4) is 0 Å². The molecule has 2 heterocycles. The minimum absolute atomic E-state index is 0.0982. The van der Waals surface area contributed by atoms with Crippen LogP contribution < -0.4 is 10.5 Å². The molecule has 2 aromatic carbocycles. The van der Waals surface area contributed by atoms with Crippen LogP contribution in [-0.2, 0) is 11.2 Å². The minimum atomic E-state index is -1.42. The number of likely N-dealkylation sites (tertiary alicyclic amines) is 1. The van der Waals surface area contributed by atoms with E-state index in [1.165, 1.54) is 17.0 Å². The van der Waals surface area contributed by atoms with Crippen molar-refractivity contribution >= 4 is 11.8 Å². The van der Waals surface area contributed by atoms with Crippen LogP contribution in [0.2, 0.25) is 0 Å². The molecule has 2 atom stereocenters. The van der Waals surface area contributed by atoms with Crippen molar-refractivity contribution in [2.45, 2.75) is 32.0 Å². The fraction of sp³-hybridized carbons (Fsp3) is 0.292. The van der Waals surface area contributed by atoms with Crippen LogP contribution in [0.25, 0.3) is 11.3 Å². The number of hydrogen-bond acceptors (Lipinski definition) is 5. The number of phenolic OH excluding ortho intramolecular Hbond substituents is 1. The number of carbonyl (C=O) groups excluding carboxylic acids is 2. The number of aromatic amines is 1. The number of hydrogen-bond donors (Lipinski definition) is 3. The van der Waals surface area contributed by atoms with Gasteiger partial charge in [-0.25, -0.2) is 9.37 Å². The molecule has 0 spiro atoms. The number of nitrogens with one attached hydrogen (secondary N) is 1. The highest BCUT2D eigenvalue weighted by Crippen LogP contribution is 2.29. The predicted molar refractivity (Wildman–Crippen MR) is 120 cm³/mol. The molecular formula is C24H25FN4O4. The Balaban J connectivity index is 1.42. The summed E-state index contributed by atoms with van der Waals surface area (Å²) in [4.78, 5) is 33.3. The van der Waals surface area contributed by atoms with E-state index in [4.69, 9.17) is 10.5 Å². The summed E-state index contributed by atoms with van der Waals surface area (Å²) in [5, 5.41) is 9.36.